The molecule has 5 nitrogen and oxygen atoms in total. The lowest BCUT2D eigenvalue weighted by atomic mass is 9.78. The van der Waals surface area contributed by atoms with Crippen molar-refractivity contribution in [3.8, 4) is 11.5 Å². The molecular formula is C18H18O5. The van der Waals surface area contributed by atoms with Crippen LogP contribution in [0.3, 0.4) is 0 Å². The molecule has 23 heavy (non-hydrogen) atoms. The summed E-state index contributed by atoms with van der Waals surface area (Å²) in [5, 5.41) is 26.5. The highest BCUT2D eigenvalue weighted by Crippen LogP contribution is 2.32. The molecule has 0 radical (unpaired) electrons. The molecule has 0 aromatic heterocycles. The van der Waals surface area contributed by atoms with Gasteiger partial charge in [-0.05, 0) is 35.4 Å². The Balaban J connectivity index is 0.000000268. The monoisotopic (exact) mass is 314 g/mol. The maximum atomic E-state index is 9.57. The van der Waals surface area contributed by atoms with Gasteiger partial charge in [0, 0.05) is 5.41 Å². The number of hydrogen-bond acceptors (Lipinski definition) is 4. The first kappa shape index (κ1) is 16.4. The highest BCUT2D eigenvalue weighted by atomic mass is 16.6. The van der Waals surface area contributed by atoms with Crippen LogP contribution in [0.2, 0.25) is 0 Å². The molecule has 5 heteroatoms. The Bertz CT molecular complexity index is 665. The molecule has 0 unspecified atom stereocenters. The van der Waals surface area contributed by atoms with Gasteiger partial charge in [-0.15, -0.1) is 0 Å². The standard InChI is InChI=1S/C15H16O2.C3H2O3/c1-15(2,11-3-7-13(16)8-4-11)12-5-9-14(17)10-6-12;4-3(5)2-1-6-2/h3-10,16-17H,1-2H3;1H,(H,4,5). The molecule has 2 aromatic rings. The van der Waals surface area contributed by atoms with E-state index < -0.39 is 5.97 Å². The van der Waals surface area contributed by atoms with Crippen LogP contribution in [0.5, 0.6) is 11.5 Å². The normalized spacial score (nSPS) is 12.3. The summed E-state index contributed by atoms with van der Waals surface area (Å²) in [6, 6.07) is 14.4. The molecule has 3 rings (SSSR count). The zero-order valence-electron chi connectivity index (χ0n) is 12.9. The van der Waals surface area contributed by atoms with Crippen molar-refractivity contribution in [2.75, 3.05) is 0 Å². The molecular weight excluding hydrogens is 296 g/mol. The van der Waals surface area contributed by atoms with E-state index in [1.165, 1.54) is 6.26 Å². The van der Waals surface area contributed by atoms with Crippen LogP contribution in [0.1, 0.15) is 25.0 Å². The van der Waals surface area contributed by atoms with Crippen molar-refractivity contribution in [2.24, 2.45) is 0 Å². The molecule has 3 N–H and O–H groups in total. The summed E-state index contributed by atoms with van der Waals surface area (Å²) < 4.78 is 4.16. The van der Waals surface area contributed by atoms with Gasteiger partial charge in [0.2, 0.25) is 5.76 Å². The first-order valence-corrected chi connectivity index (χ1v) is 7.00. The molecule has 1 heterocycles. The third-order valence-electron chi connectivity index (χ3n) is 3.62. The van der Waals surface area contributed by atoms with Crippen LogP contribution in [-0.4, -0.2) is 21.3 Å². The number of aliphatic carboxylic acids is 1. The summed E-state index contributed by atoms with van der Waals surface area (Å²) in [7, 11) is 0. The lowest BCUT2D eigenvalue weighted by Crippen LogP contribution is -2.18. The summed E-state index contributed by atoms with van der Waals surface area (Å²) in [6.45, 7) is 4.23. The maximum absolute atomic E-state index is 9.57. The summed E-state index contributed by atoms with van der Waals surface area (Å²) in [4.78, 5) is 9.57. The van der Waals surface area contributed by atoms with Crippen LogP contribution in [-0.2, 0) is 14.9 Å². The summed E-state index contributed by atoms with van der Waals surface area (Å²) >= 11 is 0. The zero-order valence-corrected chi connectivity index (χ0v) is 12.9. The van der Waals surface area contributed by atoms with E-state index in [0.29, 0.717) is 0 Å². The predicted octanol–water partition coefficient (Wildman–Crippen LogP) is 3.37. The van der Waals surface area contributed by atoms with Gasteiger partial charge < -0.3 is 20.1 Å². The highest BCUT2D eigenvalue weighted by molar-refractivity contribution is 5.86. The van der Waals surface area contributed by atoms with Gasteiger partial charge in [0.1, 0.15) is 17.8 Å². The van der Waals surface area contributed by atoms with E-state index in [9.17, 15) is 15.0 Å². The minimum Gasteiger partial charge on any atom is -0.508 e. The number of carboxylic acids is 1. The van der Waals surface area contributed by atoms with E-state index in [2.05, 4.69) is 18.6 Å². The number of rotatable bonds is 3. The van der Waals surface area contributed by atoms with Gasteiger partial charge in [0.05, 0.1) is 0 Å². The highest BCUT2D eigenvalue weighted by Gasteiger charge is 2.22. The second-order valence-corrected chi connectivity index (χ2v) is 5.62. The van der Waals surface area contributed by atoms with Crippen LogP contribution in [0.4, 0.5) is 0 Å². The van der Waals surface area contributed by atoms with Crippen LogP contribution < -0.4 is 0 Å². The van der Waals surface area contributed by atoms with Crippen LogP contribution in [0.25, 0.3) is 0 Å². The van der Waals surface area contributed by atoms with Crippen LogP contribution in [0.15, 0.2) is 60.6 Å². The van der Waals surface area contributed by atoms with Crippen molar-refractivity contribution < 1.29 is 24.9 Å². The van der Waals surface area contributed by atoms with Crippen LogP contribution >= 0.6 is 0 Å². The van der Waals surface area contributed by atoms with Crippen molar-refractivity contribution in [3.05, 3.63) is 71.7 Å². The number of hydrogen-bond donors (Lipinski definition) is 3. The average Bonchev–Trinajstić information content (AvgIpc) is 3.33. The van der Waals surface area contributed by atoms with E-state index in [4.69, 9.17) is 5.11 Å². The van der Waals surface area contributed by atoms with Crippen molar-refractivity contribution in [3.63, 3.8) is 0 Å². The average molecular weight is 314 g/mol. The number of phenolic OH excluding ortho intramolecular Hbond substituents is 2. The molecule has 0 saturated heterocycles. The molecule has 1 aliphatic rings. The van der Waals surface area contributed by atoms with Gasteiger partial charge in [-0.3, -0.25) is 0 Å². The molecule has 0 aliphatic carbocycles. The molecule has 0 spiro atoms. The van der Waals surface area contributed by atoms with Gasteiger partial charge in [0.25, 0.3) is 0 Å². The molecule has 0 amide bonds. The summed E-state index contributed by atoms with van der Waals surface area (Å²) in [5.41, 5.74) is 2.10. The predicted molar refractivity (Wildman–Crippen MR) is 85.1 cm³/mol. The molecule has 0 bridgehead atoms. The molecule has 1 aliphatic heterocycles. The summed E-state index contributed by atoms with van der Waals surface area (Å²) in [5.74, 6) is -0.393. The van der Waals surface area contributed by atoms with Crippen molar-refractivity contribution >= 4 is 5.97 Å². The first-order valence-electron chi connectivity index (χ1n) is 7.00. The van der Waals surface area contributed by atoms with Gasteiger partial charge in [-0.1, -0.05) is 38.1 Å². The topological polar surface area (TPSA) is 90.3 Å². The number of aromatic hydroxyl groups is 2. The minimum absolute atomic E-state index is 0.0509. The van der Waals surface area contributed by atoms with E-state index in [1.54, 1.807) is 24.3 Å². The smallest absolute Gasteiger partial charge is 0.375 e. The molecule has 0 fully saturated rings. The number of carbonyl (C=O) groups is 1. The van der Waals surface area contributed by atoms with Gasteiger partial charge in [-0.25, -0.2) is 4.79 Å². The van der Waals surface area contributed by atoms with E-state index in [1.807, 2.05) is 24.3 Å². The van der Waals surface area contributed by atoms with Crippen molar-refractivity contribution in [1.82, 2.24) is 0 Å². The van der Waals surface area contributed by atoms with Crippen molar-refractivity contribution in [1.29, 1.82) is 0 Å². The van der Waals surface area contributed by atoms with E-state index in [0.717, 1.165) is 11.1 Å². The molecule has 0 saturated carbocycles. The molecule has 0 atom stereocenters. The third-order valence-corrected chi connectivity index (χ3v) is 3.62. The lowest BCUT2D eigenvalue weighted by Gasteiger charge is -2.26. The Labute approximate surface area is 134 Å². The van der Waals surface area contributed by atoms with Crippen molar-refractivity contribution in [2.45, 2.75) is 19.3 Å². The fourth-order valence-electron chi connectivity index (χ4n) is 2.05. The maximum Gasteiger partial charge on any atom is 0.375 e. The number of benzene rings is 2. The minimum atomic E-state index is -0.991. The first-order chi connectivity index (χ1) is 10.8. The lowest BCUT2D eigenvalue weighted by molar-refractivity contribution is -0.133. The molecule has 120 valence electrons. The second-order valence-electron chi connectivity index (χ2n) is 5.62. The number of phenols is 2. The Morgan fingerprint density at radius 2 is 1.22 bits per heavy atom. The fourth-order valence-corrected chi connectivity index (χ4v) is 2.05. The van der Waals surface area contributed by atoms with Gasteiger partial charge >= 0.3 is 5.97 Å². The quantitative estimate of drug-likeness (QED) is 0.808. The Kier molecular flexibility index (Phi) is 4.60. The third kappa shape index (κ3) is 4.26. The van der Waals surface area contributed by atoms with Gasteiger partial charge in [-0.2, -0.15) is 0 Å². The van der Waals surface area contributed by atoms with E-state index in [-0.39, 0.29) is 22.7 Å². The fraction of sp³-hybridized carbons (Fsp3) is 0.167. The Morgan fingerprint density at radius 1 is 0.870 bits per heavy atom. The number of carboxylic acid groups (broad SMARTS) is 1. The summed E-state index contributed by atoms with van der Waals surface area (Å²) in [6.07, 6.45) is 1.18. The number of ether oxygens (including phenoxy) is 1. The van der Waals surface area contributed by atoms with Crippen LogP contribution in [0, 0.1) is 0 Å². The van der Waals surface area contributed by atoms with Gasteiger partial charge in [0.15, 0.2) is 0 Å². The second kappa shape index (κ2) is 6.44. The largest absolute Gasteiger partial charge is 0.508 e. The molecule has 2 aromatic carbocycles. The SMILES string of the molecule is CC(C)(c1ccc(O)cc1)c1ccc(O)cc1.O=C(O)C1=CO1. The zero-order chi connectivity index (χ0) is 17.0. The Morgan fingerprint density at radius 3 is 1.43 bits per heavy atom. The Hall–Kier alpha value is -2.95. The van der Waals surface area contributed by atoms with E-state index >= 15 is 0 Å².